The maximum Gasteiger partial charge on any atom is 0.340 e. The Morgan fingerprint density at radius 1 is 0.303 bits per heavy atom. The van der Waals surface area contributed by atoms with Gasteiger partial charge in [0, 0.05) is 33.4 Å². The van der Waals surface area contributed by atoms with Crippen molar-refractivity contribution in [2.24, 2.45) is 0 Å². The van der Waals surface area contributed by atoms with Crippen LogP contribution in [-0.4, -0.2) is 265 Å². The molecule has 47 heteroatoms. The second-order valence-corrected chi connectivity index (χ2v) is 26.7. The molecular weight excluding hydrogens is 1650 g/mol. The minimum absolute atomic E-state index is 0.0831. The van der Waals surface area contributed by atoms with Gasteiger partial charge < -0.3 is 190 Å². The van der Waals surface area contributed by atoms with E-state index in [1.54, 1.807) is 0 Å². The molecule has 28 N–H and O–H groups in total. The van der Waals surface area contributed by atoms with E-state index in [2.05, 4.69) is 0 Å². The molecule has 1 saturated heterocycles. The van der Waals surface area contributed by atoms with Crippen molar-refractivity contribution >= 4 is 53.7 Å². The molecule has 9 aromatic carbocycles. The Hall–Kier alpha value is -17.3. The topological polar surface area (TPSA) is 812 Å². The van der Waals surface area contributed by atoms with Gasteiger partial charge in [-0.05, 0) is 72.8 Å². The summed E-state index contributed by atoms with van der Waals surface area (Å²) < 4.78 is 57.1. The molecule has 10 atom stereocenters. The molecule has 9 aromatic rings. The molecule has 0 radical (unpaired) electrons. The molecule has 4 aliphatic heterocycles. The molecule has 122 heavy (non-hydrogen) atoms. The quantitative estimate of drug-likeness (QED) is 0.0448. The van der Waals surface area contributed by atoms with Crippen LogP contribution in [0, 0.1) is 0 Å². The predicted octanol–water partition coefficient (Wildman–Crippen LogP) is 2.45. The number of hydrogen-bond donors (Lipinski definition) is 28. The first kappa shape index (κ1) is 82.7. The van der Waals surface area contributed by atoms with Crippen LogP contribution in [0.1, 0.15) is 110 Å². The minimum atomic E-state index is -3.25. The molecule has 0 aliphatic carbocycles. The van der Waals surface area contributed by atoms with E-state index in [0.29, 0.717) is 54.6 Å². The Morgan fingerprint density at radius 2 is 0.631 bits per heavy atom. The Balaban J connectivity index is 1.02. The average Bonchev–Trinajstić information content (AvgIpc) is 0.705. The van der Waals surface area contributed by atoms with E-state index in [0.717, 1.165) is 0 Å². The first-order valence-corrected chi connectivity index (χ1v) is 33.9. The highest BCUT2D eigenvalue weighted by Gasteiger charge is 2.58. The number of phenolic OH excluding ortho intramolecular Hbond substituents is 27. The summed E-state index contributed by atoms with van der Waals surface area (Å²) in [5.74, 6) is -62.4. The molecule has 2 bridgehead atoms. The van der Waals surface area contributed by atoms with Crippen molar-refractivity contribution in [3.8, 4) is 177 Å². The Labute approximate surface area is 670 Å². The van der Waals surface area contributed by atoms with Crippen LogP contribution in [0.25, 0.3) is 22.3 Å². The van der Waals surface area contributed by atoms with Gasteiger partial charge in [0.1, 0.15) is 25.4 Å². The zero-order valence-electron chi connectivity index (χ0n) is 59.9. The summed E-state index contributed by atoms with van der Waals surface area (Å²) in [7, 11) is 0. The van der Waals surface area contributed by atoms with E-state index in [1.165, 1.54) is 0 Å². The molecule has 4 heterocycles. The lowest BCUT2D eigenvalue weighted by molar-refractivity contribution is -0.282. The van der Waals surface area contributed by atoms with Gasteiger partial charge in [-0.1, -0.05) is 0 Å². The summed E-state index contributed by atoms with van der Waals surface area (Å²) in [5.41, 5.74) is -20.0. The van der Waals surface area contributed by atoms with Crippen molar-refractivity contribution in [3.05, 3.63) is 134 Å². The first-order chi connectivity index (χ1) is 57.3. The first-order valence-electron chi connectivity index (χ1n) is 33.9. The Morgan fingerprint density at radius 3 is 1.06 bits per heavy atom. The highest BCUT2D eigenvalue weighted by molar-refractivity contribution is 6.12. The maximum absolute atomic E-state index is 15.8. The van der Waals surface area contributed by atoms with Crippen LogP contribution >= 0.6 is 0 Å². The fourth-order valence-corrected chi connectivity index (χ4v) is 13.6. The second-order valence-electron chi connectivity index (χ2n) is 26.7. The van der Waals surface area contributed by atoms with Crippen LogP contribution in [0.15, 0.2) is 72.8 Å². The third-order valence-corrected chi connectivity index (χ3v) is 19.3. The van der Waals surface area contributed by atoms with Gasteiger partial charge in [0.25, 0.3) is 0 Å². The monoisotopic (exact) mass is 1710 g/mol. The molecule has 0 spiro atoms. The minimum Gasteiger partial charge on any atom is -0.504 e. The Bertz CT molecular complexity index is 5990. The molecular formula is C75H54O47. The molecule has 636 valence electrons. The molecule has 0 saturated carbocycles. The number of aliphatic hydroxyl groups excluding tert-OH is 1. The van der Waals surface area contributed by atoms with Gasteiger partial charge in [-0.25, -0.2) is 43.2 Å². The Kier molecular flexibility index (Phi) is 20.6. The van der Waals surface area contributed by atoms with Crippen LogP contribution in [0.2, 0.25) is 0 Å². The van der Waals surface area contributed by atoms with Crippen molar-refractivity contribution in [1.29, 1.82) is 0 Å². The number of carbonyl (C=O) groups excluding carboxylic acids is 9. The van der Waals surface area contributed by atoms with Crippen molar-refractivity contribution < 1.29 is 234 Å². The molecule has 1 fully saturated rings. The van der Waals surface area contributed by atoms with Gasteiger partial charge in [0.15, 0.2) is 157 Å². The van der Waals surface area contributed by atoms with E-state index in [1.807, 2.05) is 0 Å². The zero-order valence-corrected chi connectivity index (χ0v) is 59.9. The molecule has 13 rings (SSSR count). The number of hydrogen-bond acceptors (Lipinski definition) is 47. The summed E-state index contributed by atoms with van der Waals surface area (Å²) in [4.78, 5) is 134. The fourth-order valence-electron chi connectivity index (χ4n) is 13.6. The van der Waals surface area contributed by atoms with E-state index >= 15 is 19.2 Å². The second kappa shape index (κ2) is 30.4. The zero-order chi connectivity index (χ0) is 89.2. The van der Waals surface area contributed by atoms with Gasteiger partial charge in [-0.2, -0.15) is 0 Å². The van der Waals surface area contributed by atoms with Crippen molar-refractivity contribution in [2.45, 2.75) is 61.0 Å². The van der Waals surface area contributed by atoms with E-state index in [-0.39, 0.29) is 18.2 Å². The van der Waals surface area contributed by atoms with E-state index in [9.17, 15) is 167 Å². The molecule has 4 aliphatic rings. The smallest absolute Gasteiger partial charge is 0.340 e. The summed E-state index contributed by atoms with van der Waals surface area (Å²) >= 11 is 0. The number of aromatic hydroxyl groups is 27. The lowest BCUT2D eigenvalue weighted by atomic mass is 9.73. The summed E-state index contributed by atoms with van der Waals surface area (Å²) in [6.45, 7) is -3.62. The van der Waals surface area contributed by atoms with Gasteiger partial charge >= 0.3 is 53.7 Å². The van der Waals surface area contributed by atoms with Gasteiger partial charge in [0.2, 0.25) is 41.1 Å². The number of carbonyl (C=O) groups is 9. The van der Waals surface area contributed by atoms with E-state index < -0.39 is 367 Å². The van der Waals surface area contributed by atoms with Gasteiger partial charge in [-0.15, -0.1) is 0 Å². The number of benzene rings is 9. The van der Waals surface area contributed by atoms with Crippen LogP contribution in [-0.2, 0) is 47.4 Å². The average molecular weight is 1710 g/mol. The fraction of sp³-hybridized carbons (Fsp3) is 0.160. The standard InChI is InChI=1S/C75H54O47/c76-23-1-15(2-24(77)45(23)89)66(104)117-61-36(115-75(122-69(107)18-7-29(82)48(92)30(83)8-18)65(121-68(106)17-5-27(80)47(91)28(81)6-17)64(61)119-67(105)16-3-25(78)46(90)26(79)4-16)14-114-71(109)20-10-32(85)52(96)56(100)40(20)43-42-44-41(57(101)59(103)58(42)102)39-22(12-34(87)51(95)55(39)99)73(111)120-63(62(43)118-74(44)112)60-35(88)13-113-70(108)19-9-31(84)49(93)53(97)37(19)38-21(72(110)116-60)11-33(86)50(94)54(38)98/h1-12,35-36,43,60-65,75-103H,13-14H2/t35-,36-,43-,60-,61+,62+,63-,64-,65+,75-/m0/s1. The predicted molar refractivity (Wildman–Crippen MR) is 379 cm³/mol. The summed E-state index contributed by atoms with van der Waals surface area (Å²) in [6, 6.07) is 3.84. The number of cyclic esters (lactones) is 3. The van der Waals surface area contributed by atoms with Gasteiger partial charge in [-0.3, -0.25) is 0 Å². The number of phenols is 27. The van der Waals surface area contributed by atoms with Crippen molar-refractivity contribution in [1.82, 2.24) is 0 Å². The molecule has 0 aromatic heterocycles. The van der Waals surface area contributed by atoms with Crippen LogP contribution in [0.4, 0.5) is 0 Å². The third-order valence-electron chi connectivity index (χ3n) is 19.3. The number of ether oxygens (including phenoxy) is 10. The number of esters is 9. The number of rotatable bonds is 13. The maximum atomic E-state index is 15.8. The lowest BCUT2D eigenvalue weighted by Gasteiger charge is -2.44. The third kappa shape index (κ3) is 13.9. The molecule has 0 unspecified atom stereocenters. The normalized spacial score (nSPS) is 19.7. The van der Waals surface area contributed by atoms with Crippen LogP contribution < -0.4 is 0 Å². The van der Waals surface area contributed by atoms with Gasteiger partial charge in [0.05, 0.1) is 56.0 Å². The lowest BCUT2D eigenvalue weighted by Crippen LogP contribution is -2.63. The van der Waals surface area contributed by atoms with Crippen LogP contribution in [0.3, 0.4) is 0 Å². The largest absolute Gasteiger partial charge is 0.504 e. The molecule has 47 nitrogen and oxygen atoms in total. The highest BCUT2D eigenvalue weighted by atomic mass is 16.8. The SMILES string of the molecule is O=C(O[C@@H]1O[C@@H](COC(=O)c2cc(O)c(O)c(O)c2[C@H]2c3c(O)c(O)c(O)c4c3C(=O)O[C@H]2[C@H]([C@H]2OC(=O)c3cc(O)c(O)c(O)c3-c3c(cc(O)c(O)c3O)C(=O)OC[C@@H]2O)OC(=O)c2cc(O)c(O)c(O)c2-4)[C@@H](OC(=O)c2cc(O)c(O)c(O)c2)[C@H](OC(=O)c2cc(O)c(O)c(O)c2)[C@H]1OC(=O)c1cc(O)c(O)c(O)c1)c1cc(O)c(O)c(O)c1. The summed E-state index contributed by atoms with van der Waals surface area (Å²) in [6.07, 6.45) is -27.2. The molecule has 0 amide bonds. The van der Waals surface area contributed by atoms with Crippen LogP contribution in [0.5, 0.6) is 155 Å². The summed E-state index contributed by atoms with van der Waals surface area (Å²) in [5, 5.41) is 310. The number of fused-ring (bicyclic) bond motifs is 7. The number of aliphatic hydroxyl groups is 1. The van der Waals surface area contributed by atoms with Crippen molar-refractivity contribution in [3.63, 3.8) is 0 Å². The van der Waals surface area contributed by atoms with E-state index in [4.69, 9.17) is 47.4 Å². The highest BCUT2D eigenvalue weighted by Crippen LogP contribution is 2.62. The van der Waals surface area contributed by atoms with Crippen molar-refractivity contribution in [2.75, 3.05) is 13.2 Å².